The lowest BCUT2D eigenvalue weighted by Crippen LogP contribution is -2.47. The van der Waals surface area contributed by atoms with Crippen LogP contribution in [0.2, 0.25) is 0 Å². The molecule has 0 N–H and O–H groups in total. The van der Waals surface area contributed by atoms with Gasteiger partial charge in [0.1, 0.15) is 6.33 Å². The zero-order chi connectivity index (χ0) is 24.7. The van der Waals surface area contributed by atoms with Crippen LogP contribution in [0.1, 0.15) is 11.1 Å². The normalized spacial score (nSPS) is 13.4. The summed E-state index contributed by atoms with van der Waals surface area (Å²) in [6.45, 7) is 3.80. The van der Waals surface area contributed by atoms with Crippen LogP contribution in [-0.4, -0.2) is 41.1 Å². The zero-order valence-corrected chi connectivity index (χ0v) is 20.0. The summed E-state index contributed by atoms with van der Waals surface area (Å²) < 4.78 is 0. The third-order valence-corrected chi connectivity index (χ3v) is 6.40. The summed E-state index contributed by atoms with van der Waals surface area (Å²) in [6, 6.07) is 30.1. The molecule has 8 heteroatoms. The van der Waals surface area contributed by atoms with Crippen molar-refractivity contribution in [2.24, 2.45) is 0 Å². The van der Waals surface area contributed by atoms with Gasteiger partial charge in [-0.15, -0.1) is 0 Å². The Balaban J connectivity index is 1.46. The maximum Gasteiger partial charge on any atom is 0.353 e. The predicted octanol–water partition coefficient (Wildman–Crippen LogP) is 4.92. The smallest absolute Gasteiger partial charge is 0.353 e. The molecule has 182 valence electrons. The van der Waals surface area contributed by atoms with Crippen LogP contribution in [0.5, 0.6) is 0 Å². The van der Waals surface area contributed by atoms with E-state index in [0.717, 1.165) is 29.9 Å². The molecule has 0 spiro atoms. The van der Waals surface area contributed by atoms with E-state index in [1.807, 2.05) is 88.7 Å². The van der Waals surface area contributed by atoms with Gasteiger partial charge in [0, 0.05) is 45.0 Å². The third-order valence-electron chi connectivity index (χ3n) is 6.40. The van der Waals surface area contributed by atoms with Gasteiger partial charge in [0.05, 0.1) is 4.92 Å². The molecular weight excluding hydrogens is 452 g/mol. The van der Waals surface area contributed by atoms with E-state index in [1.165, 1.54) is 6.33 Å². The van der Waals surface area contributed by atoms with Gasteiger partial charge < -0.3 is 14.7 Å². The van der Waals surface area contributed by atoms with Crippen molar-refractivity contribution in [2.75, 3.05) is 40.9 Å². The SMILES string of the molecule is O=[N+]([O-])c1c(N2CCN(c3ccccc3)CC2)ncnc1N(Cc1ccccc1)Cc1ccccc1. The summed E-state index contributed by atoms with van der Waals surface area (Å²) in [4.78, 5) is 27.2. The van der Waals surface area contributed by atoms with E-state index >= 15 is 0 Å². The molecule has 5 rings (SSSR count). The molecule has 1 aliphatic heterocycles. The number of nitro groups is 1. The highest BCUT2D eigenvalue weighted by Gasteiger charge is 2.32. The largest absolute Gasteiger partial charge is 0.368 e. The summed E-state index contributed by atoms with van der Waals surface area (Å²) in [5.41, 5.74) is 3.23. The second-order valence-corrected chi connectivity index (χ2v) is 8.76. The molecule has 1 saturated heterocycles. The van der Waals surface area contributed by atoms with E-state index in [1.54, 1.807) is 0 Å². The number of rotatable bonds is 8. The Morgan fingerprint density at radius 1 is 0.722 bits per heavy atom. The second kappa shape index (κ2) is 10.9. The minimum Gasteiger partial charge on any atom is -0.368 e. The highest BCUT2D eigenvalue weighted by Crippen LogP contribution is 2.36. The van der Waals surface area contributed by atoms with Crippen molar-refractivity contribution in [3.63, 3.8) is 0 Å². The lowest BCUT2D eigenvalue weighted by Gasteiger charge is -2.36. The molecule has 8 nitrogen and oxygen atoms in total. The lowest BCUT2D eigenvalue weighted by atomic mass is 10.1. The first-order chi connectivity index (χ1) is 17.7. The standard InChI is InChI=1S/C28H28N6O2/c35-34(36)26-27(32-18-16-31(17-19-32)25-14-8-3-9-15-25)29-22-30-28(26)33(20-23-10-4-1-5-11-23)21-24-12-6-2-7-13-24/h1-15,22H,16-21H2. The van der Waals surface area contributed by atoms with Gasteiger partial charge in [-0.2, -0.15) is 0 Å². The molecule has 1 fully saturated rings. The Morgan fingerprint density at radius 3 is 1.75 bits per heavy atom. The Kier molecular flexibility index (Phi) is 7.02. The molecule has 0 atom stereocenters. The first-order valence-electron chi connectivity index (χ1n) is 12.1. The highest BCUT2D eigenvalue weighted by atomic mass is 16.6. The van der Waals surface area contributed by atoms with E-state index in [4.69, 9.17) is 0 Å². The van der Waals surface area contributed by atoms with E-state index < -0.39 is 0 Å². The first kappa shape index (κ1) is 23.3. The van der Waals surface area contributed by atoms with E-state index in [-0.39, 0.29) is 10.6 Å². The van der Waals surface area contributed by atoms with Crippen molar-refractivity contribution in [2.45, 2.75) is 13.1 Å². The van der Waals surface area contributed by atoms with Gasteiger partial charge in [-0.1, -0.05) is 78.9 Å². The molecule has 2 heterocycles. The van der Waals surface area contributed by atoms with Gasteiger partial charge in [0.25, 0.3) is 0 Å². The molecule has 0 radical (unpaired) electrons. The second-order valence-electron chi connectivity index (χ2n) is 8.76. The maximum atomic E-state index is 12.4. The third kappa shape index (κ3) is 5.27. The minimum atomic E-state index is -0.336. The summed E-state index contributed by atoms with van der Waals surface area (Å²) >= 11 is 0. The molecule has 0 saturated carbocycles. The van der Waals surface area contributed by atoms with Crippen LogP contribution in [0.15, 0.2) is 97.3 Å². The topological polar surface area (TPSA) is 78.6 Å². The molecule has 0 bridgehead atoms. The Labute approximate surface area is 210 Å². The number of para-hydroxylation sites is 1. The van der Waals surface area contributed by atoms with Gasteiger partial charge in [-0.3, -0.25) is 10.1 Å². The van der Waals surface area contributed by atoms with Crippen LogP contribution in [0.4, 0.5) is 23.0 Å². The summed E-state index contributed by atoms with van der Waals surface area (Å²) in [5.74, 6) is 0.715. The average molecular weight is 481 g/mol. The van der Waals surface area contributed by atoms with Crippen molar-refractivity contribution in [3.8, 4) is 0 Å². The van der Waals surface area contributed by atoms with Gasteiger partial charge in [-0.05, 0) is 23.3 Å². The zero-order valence-electron chi connectivity index (χ0n) is 20.0. The maximum absolute atomic E-state index is 12.4. The fourth-order valence-corrected chi connectivity index (χ4v) is 4.62. The molecule has 0 aliphatic carbocycles. The number of hydrogen-bond donors (Lipinski definition) is 0. The molecule has 36 heavy (non-hydrogen) atoms. The lowest BCUT2D eigenvalue weighted by molar-refractivity contribution is -0.383. The molecule has 1 aromatic heterocycles. The number of benzene rings is 3. The fourth-order valence-electron chi connectivity index (χ4n) is 4.62. The molecule has 4 aromatic rings. The fraction of sp³-hybridized carbons (Fsp3) is 0.214. The Hall–Kier alpha value is -4.46. The molecule has 0 unspecified atom stereocenters. The van der Waals surface area contributed by atoms with Crippen LogP contribution in [0.3, 0.4) is 0 Å². The van der Waals surface area contributed by atoms with Gasteiger partial charge in [-0.25, -0.2) is 9.97 Å². The van der Waals surface area contributed by atoms with Crippen molar-refractivity contribution in [1.82, 2.24) is 9.97 Å². The first-order valence-corrected chi connectivity index (χ1v) is 12.1. The van der Waals surface area contributed by atoms with E-state index in [9.17, 15) is 10.1 Å². The van der Waals surface area contributed by atoms with Gasteiger partial charge >= 0.3 is 5.69 Å². The number of piperazine rings is 1. The number of anilines is 3. The van der Waals surface area contributed by atoms with Crippen LogP contribution >= 0.6 is 0 Å². The van der Waals surface area contributed by atoms with Gasteiger partial charge in [0.15, 0.2) is 0 Å². The predicted molar refractivity (Wildman–Crippen MR) is 142 cm³/mol. The molecular formula is C28H28N6O2. The quantitative estimate of drug-likeness (QED) is 0.262. The van der Waals surface area contributed by atoms with Gasteiger partial charge in [0.2, 0.25) is 11.6 Å². The molecule has 0 amide bonds. The van der Waals surface area contributed by atoms with Crippen LogP contribution in [0, 0.1) is 10.1 Å². The molecule has 1 aliphatic rings. The van der Waals surface area contributed by atoms with Crippen molar-refractivity contribution < 1.29 is 4.92 Å². The van der Waals surface area contributed by atoms with Crippen LogP contribution in [-0.2, 0) is 13.1 Å². The van der Waals surface area contributed by atoms with Crippen LogP contribution < -0.4 is 14.7 Å². The minimum absolute atomic E-state index is 0.0440. The number of nitrogens with zero attached hydrogens (tertiary/aromatic N) is 6. The summed E-state index contributed by atoms with van der Waals surface area (Å²) in [7, 11) is 0. The summed E-state index contributed by atoms with van der Waals surface area (Å²) in [5, 5.41) is 12.4. The van der Waals surface area contributed by atoms with Crippen molar-refractivity contribution in [1.29, 1.82) is 0 Å². The Morgan fingerprint density at radius 2 is 1.22 bits per heavy atom. The van der Waals surface area contributed by atoms with E-state index in [0.29, 0.717) is 37.8 Å². The van der Waals surface area contributed by atoms with E-state index in [2.05, 4.69) is 27.0 Å². The summed E-state index contributed by atoms with van der Waals surface area (Å²) in [6.07, 6.45) is 1.45. The van der Waals surface area contributed by atoms with Crippen molar-refractivity contribution >= 4 is 23.0 Å². The van der Waals surface area contributed by atoms with Crippen molar-refractivity contribution in [3.05, 3.63) is 119 Å². The number of hydrogen-bond acceptors (Lipinski definition) is 7. The number of aromatic nitrogens is 2. The molecule has 3 aromatic carbocycles. The Bertz CT molecular complexity index is 1240. The monoisotopic (exact) mass is 480 g/mol. The highest BCUT2D eigenvalue weighted by molar-refractivity contribution is 5.72. The average Bonchev–Trinajstić information content (AvgIpc) is 2.94. The van der Waals surface area contributed by atoms with Crippen LogP contribution in [0.25, 0.3) is 0 Å².